The Kier molecular flexibility index (Phi) is 6.31. The second-order valence-corrected chi connectivity index (χ2v) is 6.50. The fourth-order valence-electron chi connectivity index (χ4n) is 3.00. The first-order valence-corrected chi connectivity index (χ1v) is 9.24. The zero-order valence-corrected chi connectivity index (χ0v) is 16.7. The molecule has 156 valence electrons. The van der Waals surface area contributed by atoms with Gasteiger partial charge in [0.25, 0.3) is 5.91 Å². The SMILES string of the molecule is COc1ccc(N(CCC(N)=O)C(=O)COC(=O)c2nc(C)n3ccccc23)cc1. The molecule has 30 heavy (non-hydrogen) atoms. The number of aryl methyl sites for hydroxylation is 1. The van der Waals surface area contributed by atoms with Crippen LogP contribution in [-0.4, -0.2) is 47.4 Å². The molecule has 0 unspecified atom stereocenters. The van der Waals surface area contributed by atoms with Gasteiger partial charge in [-0.2, -0.15) is 0 Å². The van der Waals surface area contributed by atoms with Gasteiger partial charge in [0, 0.05) is 24.8 Å². The standard InChI is InChI=1S/C21H22N4O5/c1-14-23-20(17-5-3-4-11-24(14)17)21(28)30-13-19(27)25(12-10-18(22)26)15-6-8-16(29-2)9-7-15/h3-9,11H,10,12-13H2,1-2H3,(H2,22,26). The molecule has 0 aliphatic rings. The Balaban J connectivity index is 1.74. The molecule has 0 atom stereocenters. The molecule has 2 aromatic heterocycles. The van der Waals surface area contributed by atoms with Gasteiger partial charge in [-0.25, -0.2) is 9.78 Å². The molecule has 0 spiro atoms. The van der Waals surface area contributed by atoms with Gasteiger partial charge in [-0.3, -0.25) is 9.59 Å². The average molecular weight is 410 g/mol. The Labute approximate surface area is 173 Å². The van der Waals surface area contributed by atoms with Gasteiger partial charge < -0.3 is 24.5 Å². The Morgan fingerprint density at radius 2 is 1.87 bits per heavy atom. The van der Waals surface area contributed by atoms with Gasteiger partial charge in [-0.05, 0) is 43.3 Å². The summed E-state index contributed by atoms with van der Waals surface area (Å²) in [6.45, 7) is 1.32. The number of nitrogens with two attached hydrogens (primary N) is 1. The summed E-state index contributed by atoms with van der Waals surface area (Å²) >= 11 is 0. The van der Waals surface area contributed by atoms with E-state index in [-0.39, 0.29) is 18.7 Å². The van der Waals surface area contributed by atoms with Crippen molar-refractivity contribution >= 4 is 29.0 Å². The monoisotopic (exact) mass is 410 g/mol. The molecule has 0 radical (unpaired) electrons. The summed E-state index contributed by atoms with van der Waals surface area (Å²) in [5.41, 5.74) is 6.48. The number of carbonyl (C=O) groups excluding carboxylic acids is 3. The number of aromatic nitrogens is 2. The summed E-state index contributed by atoms with van der Waals surface area (Å²) < 4.78 is 12.1. The van der Waals surface area contributed by atoms with Gasteiger partial charge in [0.2, 0.25) is 5.91 Å². The van der Waals surface area contributed by atoms with Crippen molar-refractivity contribution in [1.82, 2.24) is 9.38 Å². The smallest absolute Gasteiger partial charge is 0.359 e. The van der Waals surface area contributed by atoms with E-state index in [0.29, 0.717) is 22.8 Å². The number of primary amides is 1. The lowest BCUT2D eigenvalue weighted by molar-refractivity contribution is -0.121. The fraction of sp³-hybridized carbons (Fsp3) is 0.238. The van der Waals surface area contributed by atoms with Gasteiger partial charge in [0.1, 0.15) is 11.6 Å². The molecule has 1 aromatic carbocycles. The maximum Gasteiger partial charge on any atom is 0.359 e. The van der Waals surface area contributed by atoms with Crippen molar-refractivity contribution in [2.24, 2.45) is 5.73 Å². The van der Waals surface area contributed by atoms with Crippen LogP contribution in [0.15, 0.2) is 48.7 Å². The molecule has 3 aromatic rings. The third-order valence-electron chi connectivity index (χ3n) is 4.51. The van der Waals surface area contributed by atoms with Crippen LogP contribution in [0.2, 0.25) is 0 Å². The lowest BCUT2D eigenvalue weighted by atomic mass is 10.2. The molecule has 9 nitrogen and oxygen atoms in total. The predicted octanol–water partition coefficient (Wildman–Crippen LogP) is 1.72. The molecule has 9 heteroatoms. The van der Waals surface area contributed by atoms with Crippen LogP contribution in [-0.2, 0) is 14.3 Å². The first-order valence-electron chi connectivity index (χ1n) is 9.24. The van der Waals surface area contributed by atoms with Crippen molar-refractivity contribution in [3.8, 4) is 5.75 Å². The van der Waals surface area contributed by atoms with E-state index >= 15 is 0 Å². The van der Waals surface area contributed by atoms with Crippen molar-refractivity contribution < 1.29 is 23.9 Å². The zero-order valence-electron chi connectivity index (χ0n) is 16.7. The van der Waals surface area contributed by atoms with Crippen molar-refractivity contribution in [1.29, 1.82) is 0 Å². The molecular weight excluding hydrogens is 388 g/mol. The van der Waals surface area contributed by atoms with Crippen LogP contribution in [0.1, 0.15) is 22.7 Å². The Hall–Kier alpha value is -3.88. The molecule has 0 saturated heterocycles. The van der Waals surface area contributed by atoms with Crippen molar-refractivity contribution in [3.05, 3.63) is 60.2 Å². The molecule has 3 rings (SSSR count). The van der Waals surface area contributed by atoms with Crippen LogP contribution in [0.3, 0.4) is 0 Å². The Morgan fingerprint density at radius 1 is 1.13 bits per heavy atom. The lowest BCUT2D eigenvalue weighted by Gasteiger charge is -2.22. The molecule has 2 amide bonds. The van der Waals surface area contributed by atoms with Gasteiger partial charge in [-0.15, -0.1) is 0 Å². The largest absolute Gasteiger partial charge is 0.497 e. The van der Waals surface area contributed by atoms with Crippen LogP contribution in [0.4, 0.5) is 5.69 Å². The predicted molar refractivity (Wildman–Crippen MR) is 109 cm³/mol. The topological polar surface area (TPSA) is 116 Å². The van der Waals surface area contributed by atoms with Crippen LogP contribution in [0.25, 0.3) is 5.52 Å². The van der Waals surface area contributed by atoms with E-state index in [1.165, 1.54) is 12.0 Å². The van der Waals surface area contributed by atoms with Gasteiger partial charge in [0.05, 0.1) is 12.6 Å². The normalized spacial score (nSPS) is 10.6. The molecule has 0 fully saturated rings. The highest BCUT2D eigenvalue weighted by Gasteiger charge is 2.22. The maximum absolute atomic E-state index is 12.8. The van der Waals surface area contributed by atoms with E-state index in [2.05, 4.69) is 4.98 Å². The van der Waals surface area contributed by atoms with E-state index in [0.717, 1.165) is 0 Å². The first kappa shape index (κ1) is 20.8. The van der Waals surface area contributed by atoms with E-state index in [4.69, 9.17) is 15.2 Å². The minimum atomic E-state index is -0.704. The number of pyridine rings is 1. The second-order valence-electron chi connectivity index (χ2n) is 6.50. The summed E-state index contributed by atoms with van der Waals surface area (Å²) in [6.07, 6.45) is 1.76. The van der Waals surface area contributed by atoms with Crippen LogP contribution in [0.5, 0.6) is 5.75 Å². The number of anilines is 1. The molecular formula is C21H22N4O5. The number of fused-ring (bicyclic) bond motifs is 1. The number of hydrogen-bond donors (Lipinski definition) is 1. The van der Waals surface area contributed by atoms with Crippen LogP contribution < -0.4 is 15.4 Å². The molecule has 2 N–H and O–H groups in total. The number of benzene rings is 1. The fourth-order valence-corrected chi connectivity index (χ4v) is 3.00. The summed E-state index contributed by atoms with van der Waals surface area (Å²) in [6, 6.07) is 12.1. The summed E-state index contributed by atoms with van der Waals surface area (Å²) in [5.74, 6) is -0.488. The van der Waals surface area contributed by atoms with Crippen molar-refractivity contribution in [2.75, 3.05) is 25.2 Å². The number of ether oxygens (including phenoxy) is 2. The quantitative estimate of drug-likeness (QED) is 0.565. The third kappa shape index (κ3) is 4.57. The number of imidazole rings is 1. The average Bonchev–Trinajstić information content (AvgIpc) is 3.09. The highest BCUT2D eigenvalue weighted by atomic mass is 16.5. The van der Waals surface area contributed by atoms with E-state index in [1.54, 1.807) is 53.9 Å². The highest BCUT2D eigenvalue weighted by molar-refractivity contribution is 5.99. The zero-order chi connectivity index (χ0) is 21.7. The summed E-state index contributed by atoms with van der Waals surface area (Å²) in [4.78, 5) is 42.1. The van der Waals surface area contributed by atoms with Crippen molar-refractivity contribution in [3.63, 3.8) is 0 Å². The maximum atomic E-state index is 12.8. The summed E-state index contributed by atoms with van der Waals surface area (Å²) in [5, 5.41) is 0. The number of amides is 2. The number of rotatable bonds is 8. The summed E-state index contributed by atoms with van der Waals surface area (Å²) in [7, 11) is 1.53. The van der Waals surface area contributed by atoms with Gasteiger partial charge >= 0.3 is 5.97 Å². The third-order valence-corrected chi connectivity index (χ3v) is 4.51. The first-order chi connectivity index (χ1) is 14.4. The molecule has 0 saturated carbocycles. The van der Waals surface area contributed by atoms with E-state index in [1.807, 2.05) is 6.07 Å². The lowest BCUT2D eigenvalue weighted by Crippen LogP contribution is -2.37. The Morgan fingerprint density at radius 3 is 2.53 bits per heavy atom. The van der Waals surface area contributed by atoms with E-state index < -0.39 is 24.4 Å². The number of hydrogen-bond acceptors (Lipinski definition) is 6. The second kappa shape index (κ2) is 9.08. The minimum absolute atomic E-state index is 0.0312. The molecule has 2 heterocycles. The van der Waals surface area contributed by atoms with Crippen LogP contribution >= 0.6 is 0 Å². The Bertz CT molecular complexity index is 1070. The molecule has 0 aliphatic heterocycles. The van der Waals surface area contributed by atoms with E-state index in [9.17, 15) is 14.4 Å². The minimum Gasteiger partial charge on any atom is -0.497 e. The van der Waals surface area contributed by atoms with Gasteiger partial charge in [0.15, 0.2) is 12.3 Å². The number of methoxy groups -OCH3 is 1. The van der Waals surface area contributed by atoms with Crippen molar-refractivity contribution in [2.45, 2.75) is 13.3 Å². The van der Waals surface area contributed by atoms with Gasteiger partial charge in [-0.1, -0.05) is 6.07 Å². The number of carbonyl (C=O) groups is 3. The molecule has 0 aliphatic carbocycles. The number of esters is 1. The molecule has 0 bridgehead atoms. The highest BCUT2D eigenvalue weighted by Crippen LogP contribution is 2.20. The number of nitrogens with zero attached hydrogens (tertiary/aromatic N) is 3. The van der Waals surface area contributed by atoms with Crippen LogP contribution in [0, 0.1) is 6.92 Å².